The van der Waals surface area contributed by atoms with Crippen molar-refractivity contribution in [3.63, 3.8) is 0 Å². The van der Waals surface area contributed by atoms with Gasteiger partial charge in [-0.25, -0.2) is 8.78 Å². The molecular weight excluding hydrogens is 350 g/mol. The monoisotopic (exact) mass is 370 g/mol. The van der Waals surface area contributed by atoms with Crippen LogP contribution in [0, 0.1) is 17.6 Å². The molecular formula is C19H20F2N6. The molecule has 3 aromatic rings. The van der Waals surface area contributed by atoms with E-state index in [-0.39, 0.29) is 0 Å². The Balaban J connectivity index is 1.37. The summed E-state index contributed by atoms with van der Waals surface area (Å²) < 4.78 is 26.5. The number of rotatable bonds is 5. The van der Waals surface area contributed by atoms with Gasteiger partial charge in [-0.15, -0.1) is 10.2 Å². The lowest BCUT2D eigenvalue weighted by Gasteiger charge is -2.32. The minimum absolute atomic E-state index is 0.384. The molecule has 6 nitrogen and oxygen atoms in total. The van der Waals surface area contributed by atoms with Crippen LogP contribution in [0.15, 0.2) is 42.6 Å². The standard InChI is InChI=1S/C19H20F2N6/c20-16-7-6-14(10-17(16)21)11-26-9-3-4-15(12-26)13-27-24-19(23-25-27)18-5-1-2-8-22-18/h1-2,5-8,10,15H,3-4,9,11-13H2/t15-/m1/s1. The quantitative estimate of drug-likeness (QED) is 0.691. The van der Waals surface area contributed by atoms with Gasteiger partial charge in [0.25, 0.3) is 0 Å². The highest BCUT2D eigenvalue weighted by Crippen LogP contribution is 2.21. The Morgan fingerprint density at radius 3 is 2.85 bits per heavy atom. The molecule has 0 unspecified atom stereocenters. The number of piperidine rings is 1. The largest absolute Gasteiger partial charge is 0.299 e. The van der Waals surface area contributed by atoms with Gasteiger partial charge < -0.3 is 0 Å². The van der Waals surface area contributed by atoms with E-state index < -0.39 is 11.6 Å². The number of pyridine rings is 1. The maximum atomic E-state index is 13.4. The molecule has 0 amide bonds. The highest BCUT2D eigenvalue weighted by atomic mass is 19.2. The molecule has 1 saturated heterocycles. The zero-order chi connectivity index (χ0) is 18.6. The van der Waals surface area contributed by atoms with Gasteiger partial charge in [0.1, 0.15) is 5.69 Å². The minimum Gasteiger partial charge on any atom is -0.299 e. The number of halogens is 2. The lowest BCUT2D eigenvalue weighted by Crippen LogP contribution is -2.36. The molecule has 1 aliphatic heterocycles. The van der Waals surface area contributed by atoms with Crippen molar-refractivity contribution in [2.24, 2.45) is 5.92 Å². The van der Waals surface area contributed by atoms with E-state index in [0.717, 1.165) is 31.5 Å². The maximum Gasteiger partial charge on any atom is 0.223 e. The first-order chi connectivity index (χ1) is 13.2. The summed E-state index contributed by atoms with van der Waals surface area (Å²) in [4.78, 5) is 8.12. The molecule has 140 valence electrons. The number of nitrogens with zero attached hydrogens (tertiary/aromatic N) is 6. The van der Waals surface area contributed by atoms with Crippen LogP contribution in [0.5, 0.6) is 0 Å². The second kappa shape index (κ2) is 7.87. The van der Waals surface area contributed by atoms with E-state index in [9.17, 15) is 8.78 Å². The topological polar surface area (TPSA) is 59.7 Å². The Labute approximate surface area is 155 Å². The number of hydrogen-bond donors (Lipinski definition) is 0. The predicted octanol–water partition coefficient (Wildman–Crippen LogP) is 2.93. The van der Waals surface area contributed by atoms with Gasteiger partial charge in [0, 0.05) is 19.3 Å². The van der Waals surface area contributed by atoms with Gasteiger partial charge in [-0.2, -0.15) is 4.80 Å². The molecule has 0 saturated carbocycles. The van der Waals surface area contributed by atoms with E-state index in [2.05, 4.69) is 25.3 Å². The van der Waals surface area contributed by atoms with Crippen LogP contribution in [0.2, 0.25) is 0 Å². The van der Waals surface area contributed by atoms with Crippen LogP contribution < -0.4 is 0 Å². The third kappa shape index (κ3) is 4.33. The van der Waals surface area contributed by atoms with Crippen LogP contribution in [-0.2, 0) is 13.1 Å². The summed E-state index contributed by atoms with van der Waals surface area (Å²) in [6.45, 7) is 3.09. The molecule has 4 rings (SSSR count). The Morgan fingerprint density at radius 1 is 1.11 bits per heavy atom. The molecule has 1 fully saturated rings. The van der Waals surface area contributed by atoms with Gasteiger partial charge in [0.15, 0.2) is 11.6 Å². The first kappa shape index (κ1) is 17.7. The van der Waals surface area contributed by atoms with Crippen LogP contribution in [0.3, 0.4) is 0 Å². The molecule has 1 aromatic carbocycles. The van der Waals surface area contributed by atoms with Crippen molar-refractivity contribution < 1.29 is 8.78 Å². The van der Waals surface area contributed by atoms with E-state index in [4.69, 9.17) is 0 Å². The number of likely N-dealkylation sites (tertiary alicyclic amines) is 1. The normalized spacial score (nSPS) is 17.9. The van der Waals surface area contributed by atoms with Crippen molar-refractivity contribution >= 4 is 0 Å². The van der Waals surface area contributed by atoms with E-state index in [1.165, 1.54) is 12.1 Å². The zero-order valence-corrected chi connectivity index (χ0v) is 14.8. The summed E-state index contributed by atoms with van der Waals surface area (Å²) in [5.74, 6) is -0.703. The van der Waals surface area contributed by atoms with Gasteiger partial charge in [-0.1, -0.05) is 12.1 Å². The molecule has 27 heavy (non-hydrogen) atoms. The third-order valence-corrected chi connectivity index (χ3v) is 4.76. The minimum atomic E-state index is -0.809. The summed E-state index contributed by atoms with van der Waals surface area (Å²) in [6.07, 6.45) is 3.83. The van der Waals surface area contributed by atoms with E-state index in [0.29, 0.717) is 30.5 Å². The SMILES string of the molecule is Fc1ccc(CN2CCC[C@@H](Cn3nnc(-c4ccccn4)n3)C2)cc1F. The Kier molecular flexibility index (Phi) is 5.15. The van der Waals surface area contributed by atoms with E-state index in [1.807, 2.05) is 18.2 Å². The smallest absolute Gasteiger partial charge is 0.223 e. The van der Waals surface area contributed by atoms with Crippen molar-refractivity contribution in [3.05, 3.63) is 59.8 Å². The molecule has 0 bridgehead atoms. The van der Waals surface area contributed by atoms with E-state index >= 15 is 0 Å². The lowest BCUT2D eigenvalue weighted by atomic mass is 9.97. The fraction of sp³-hybridized carbons (Fsp3) is 0.368. The van der Waals surface area contributed by atoms with Crippen molar-refractivity contribution in [3.8, 4) is 11.5 Å². The second-order valence-electron chi connectivity index (χ2n) is 6.87. The van der Waals surface area contributed by atoms with E-state index in [1.54, 1.807) is 17.1 Å². The first-order valence-corrected chi connectivity index (χ1v) is 9.03. The van der Waals surface area contributed by atoms with Gasteiger partial charge in [-0.05, 0) is 60.3 Å². The summed E-state index contributed by atoms with van der Waals surface area (Å²) in [7, 11) is 0. The number of tetrazole rings is 1. The van der Waals surface area contributed by atoms with Crippen LogP contribution in [0.4, 0.5) is 8.78 Å². The second-order valence-corrected chi connectivity index (χ2v) is 6.87. The number of benzene rings is 1. The molecule has 0 aliphatic carbocycles. The fourth-order valence-corrected chi connectivity index (χ4v) is 3.49. The molecule has 0 radical (unpaired) electrons. The van der Waals surface area contributed by atoms with Gasteiger partial charge in [0.05, 0.1) is 6.54 Å². The highest BCUT2D eigenvalue weighted by Gasteiger charge is 2.22. The molecule has 3 heterocycles. The molecule has 2 aromatic heterocycles. The van der Waals surface area contributed by atoms with Gasteiger partial charge in [0.2, 0.25) is 5.82 Å². The summed E-state index contributed by atoms with van der Waals surface area (Å²) in [5, 5.41) is 12.7. The molecule has 0 N–H and O–H groups in total. The Bertz CT molecular complexity index is 898. The fourth-order valence-electron chi connectivity index (χ4n) is 3.49. The maximum absolute atomic E-state index is 13.4. The zero-order valence-electron chi connectivity index (χ0n) is 14.8. The number of hydrogen-bond acceptors (Lipinski definition) is 5. The Hall–Kier alpha value is -2.74. The molecule has 0 spiro atoms. The summed E-state index contributed by atoms with van der Waals surface area (Å²) in [6, 6.07) is 9.69. The van der Waals surface area contributed by atoms with Crippen molar-refractivity contribution in [1.29, 1.82) is 0 Å². The highest BCUT2D eigenvalue weighted by molar-refractivity contribution is 5.46. The molecule has 8 heteroatoms. The number of aromatic nitrogens is 5. The van der Waals surface area contributed by atoms with Crippen LogP contribution in [0.1, 0.15) is 18.4 Å². The summed E-state index contributed by atoms with van der Waals surface area (Å²) in [5.41, 5.74) is 1.48. The molecule has 1 aliphatic rings. The van der Waals surface area contributed by atoms with Crippen LogP contribution >= 0.6 is 0 Å². The van der Waals surface area contributed by atoms with Crippen LogP contribution in [0.25, 0.3) is 11.5 Å². The average Bonchev–Trinajstić information content (AvgIpc) is 3.14. The molecule has 1 atom stereocenters. The van der Waals surface area contributed by atoms with Gasteiger partial charge in [-0.3, -0.25) is 9.88 Å². The van der Waals surface area contributed by atoms with Gasteiger partial charge >= 0.3 is 0 Å². The Morgan fingerprint density at radius 2 is 2.04 bits per heavy atom. The van der Waals surface area contributed by atoms with Crippen molar-refractivity contribution in [2.45, 2.75) is 25.9 Å². The lowest BCUT2D eigenvalue weighted by molar-refractivity contribution is 0.149. The van der Waals surface area contributed by atoms with Crippen molar-refractivity contribution in [2.75, 3.05) is 13.1 Å². The van der Waals surface area contributed by atoms with Crippen LogP contribution in [-0.4, -0.2) is 43.2 Å². The van der Waals surface area contributed by atoms with Crippen molar-refractivity contribution in [1.82, 2.24) is 30.1 Å². The first-order valence-electron chi connectivity index (χ1n) is 9.03. The third-order valence-electron chi connectivity index (χ3n) is 4.76. The average molecular weight is 370 g/mol. The predicted molar refractivity (Wildman–Crippen MR) is 95.4 cm³/mol. The summed E-state index contributed by atoms with van der Waals surface area (Å²) >= 11 is 0.